The Labute approximate surface area is 231 Å². The molecule has 1 fully saturated rings. The van der Waals surface area contributed by atoms with Crippen molar-refractivity contribution in [3.8, 4) is 5.75 Å². The lowest BCUT2D eigenvalue weighted by atomic mass is 10.0. The number of allylic oxidation sites excluding steroid dienone is 4. The van der Waals surface area contributed by atoms with Crippen molar-refractivity contribution in [2.24, 2.45) is 0 Å². The van der Waals surface area contributed by atoms with E-state index in [-0.39, 0.29) is 30.4 Å². The molecule has 11 heteroatoms. The number of ether oxygens (including phenoxy) is 1. The lowest BCUT2D eigenvalue weighted by molar-refractivity contribution is -0.136. The molecule has 0 bridgehead atoms. The van der Waals surface area contributed by atoms with Crippen molar-refractivity contribution in [2.75, 3.05) is 6.54 Å². The molecule has 1 aliphatic heterocycles. The minimum absolute atomic E-state index is 0.104. The molecule has 1 N–H and O–H groups in total. The van der Waals surface area contributed by atoms with Gasteiger partial charge < -0.3 is 9.84 Å². The standard InChI is InChI=1S/C29H31F2N3O5S/c1-18(2)39-22-8-10-23(11-9-22)40(37,38)33-17-21(15-27(33)29(30)31)34-26-14-20(13-19-5-3-4-6-19)7-12-24(26)25(32-34)16-28(35)36/h3-5,7-12,14,18,21,27,29H,6,13,15-17H2,1-2H3,(H,35,36)/t21-,27-/m1/s1. The maximum Gasteiger partial charge on any atom is 0.309 e. The van der Waals surface area contributed by atoms with Gasteiger partial charge in [-0.3, -0.25) is 9.48 Å². The van der Waals surface area contributed by atoms with E-state index in [1.165, 1.54) is 29.8 Å². The highest BCUT2D eigenvalue weighted by Gasteiger charge is 2.46. The number of carbonyl (C=O) groups is 1. The van der Waals surface area contributed by atoms with Gasteiger partial charge in [-0.25, -0.2) is 17.2 Å². The quantitative estimate of drug-likeness (QED) is 0.361. The van der Waals surface area contributed by atoms with Crippen LogP contribution >= 0.6 is 0 Å². The summed E-state index contributed by atoms with van der Waals surface area (Å²) < 4.78 is 63.6. The molecule has 212 valence electrons. The number of fused-ring (bicyclic) bond motifs is 1. The molecular formula is C29H31F2N3O5S. The van der Waals surface area contributed by atoms with E-state index in [0.29, 0.717) is 28.8 Å². The zero-order valence-electron chi connectivity index (χ0n) is 22.2. The molecule has 2 aliphatic rings. The molecular weight excluding hydrogens is 540 g/mol. The van der Waals surface area contributed by atoms with E-state index in [2.05, 4.69) is 11.2 Å². The third-order valence-corrected chi connectivity index (χ3v) is 9.06. The van der Waals surface area contributed by atoms with Crippen molar-refractivity contribution >= 4 is 26.9 Å². The van der Waals surface area contributed by atoms with E-state index in [9.17, 15) is 27.1 Å². The van der Waals surface area contributed by atoms with Crippen LogP contribution in [0.4, 0.5) is 8.78 Å². The topological polar surface area (TPSA) is 102 Å². The average molecular weight is 572 g/mol. The van der Waals surface area contributed by atoms with E-state index < -0.39 is 34.5 Å². The Kier molecular flexibility index (Phi) is 7.78. The Morgan fingerprint density at radius 2 is 1.93 bits per heavy atom. The van der Waals surface area contributed by atoms with Gasteiger partial charge in [0.2, 0.25) is 10.0 Å². The summed E-state index contributed by atoms with van der Waals surface area (Å²) in [6.07, 6.45) is 4.11. The number of nitrogens with zero attached hydrogens (tertiary/aromatic N) is 3. The van der Waals surface area contributed by atoms with Crippen LogP contribution in [0.2, 0.25) is 0 Å². The second-order valence-corrected chi connectivity index (χ2v) is 12.3. The first-order valence-corrected chi connectivity index (χ1v) is 14.6. The predicted octanol–water partition coefficient (Wildman–Crippen LogP) is 5.15. The van der Waals surface area contributed by atoms with Gasteiger partial charge in [-0.15, -0.1) is 0 Å². The van der Waals surface area contributed by atoms with Gasteiger partial charge in [-0.1, -0.05) is 35.9 Å². The molecule has 8 nitrogen and oxygen atoms in total. The van der Waals surface area contributed by atoms with Crippen LogP contribution in [0.1, 0.15) is 44.0 Å². The summed E-state index contributed by atoms with van der Waals surface area (Å²) in [5.74, 6) is -0.587. The van der Waals surface area contributed by atoms with Crippen LogP contribution in [0.3, 0.4) is 0 Å². The number of benzene rings is 2. The van der Waals surface area contributed by atoms with Crippen molar-refractivity contribution in [3.05, 3.63) is 77.5 Å². The zero-order valence-corrected chi connectivity index (χ0v) is 23.0. The van der Waals surface area contributed by atoms with Gasteiger partial charge in [0.1, 0.15) is 5.75 Å². The van der Waals surface area contributed by atoms with Crippen LogP contribution in [0.15, 0.2) is 71.2 Å². The number of hydrogen-bond donors (Lipinski definition) is 1. The molecule has 0 radical (unpaired) electrons. The smallest absolute Gasteiger partial charge is 0.309 e. The molecule has 0 spiro atoms. The lowest BCUT2D eigenvalue weighted by Gasteiger charge is -2.23. The summed E-state index contributed by atoms with van der Waals surface area (Å²) in [5, 5.41) is 14.6. The van der Waals surface area contributed by atoms with Crippen LogP contribution < -0.4 is 4.74 Å². The summed E-state index contributed by atoms with van der Waals surface area (Å²) in [5.41, 5.74) is 3.11. The number of aliphatic carboxylic acids is 1. The van der Waals surface area contributed by atoms with Gasteiger partial charge in [0.25, 0.3) is 6.43 Å². The number of halogens is 2. The number of hydrogen-bond acceptors (Lipinski definition) is 5. The average Bonchev–Trinajstić information content (AvgIpc) is 3.63. The van der Waals surface area contributed by atoms with Gasteiger partial charge >= 0.3 is 5.97 Å². The molecule has 1 aromatic heterocycles. The summed E-state index contributed by atoms with van der Waals surface area (Å²) >= 11 is 0. The van der Waals surface area contributed by atoms with Crippen LogP contribution in [-0.2, 0) is 27.7 Å². The third-order valence-electron chi connectivity index (χ3n) is 7.16. The van der Waals surface area contributed by atoms with Crippen LogP contribution in [0.5, 0.6) is 5.75 Å². The Hall–Kier alpha value is -3.57. The largest absolute Gasteiger partial charge is 0.491 e. The first-order chi connectivity index (χ1) is 19.0. The number of sulfonamides is 1. The number of aromatic nitrogens is 2. The Morgan fingerprint density at radius 1 is 1.18 bits per heavy atom. The Bertz CT molecular complexity index is 1580. The van der Waals surface area contributed by atoms with Crippen LogP contribution in [-0.4, -0.2) is 58.7 Å². The van der Waals surface area contributed by atoms with Crippen molar-refractivity contribution in [3.63, 3.8) is 0 Å². The van der Waals surface area contributed by atoms with Gasteiger partial charge in [0.05, 0.1) is 40.7 Å². The highest BCUT2D eigenvalue weighted by atomic mass is 32.2. The van der Waals surface area contributed by atoms with Crippen LogP contribution in [0.25, 0.3) is 10.9 Å². The molecule has 40 heavy (non-hydrogen) atoms. The number of carboxylic acid groups (broad SMARTS) is 1. The minimum Gasteiger partial charge on any atom is -0.491 e. The fourth-order valence-electron chi connectivity index (χ4n) is 5.39. The summed E-state index contributed by atoms with van der Waals surface area (Å²) in [6.45, 7) is 3.47. The fraction of sp³-hybridized carbons (Fsp3) is 0.379. The van der Waals surface area contributed by atoms with Crippen LogP contribution in [0, 0.1) is 0 Å². The molecule has 3 aromatic rings. The Balaban J connectivity index is 1.50. The van der Waals surface area contributed by atoms with E-state index in [4.69, 9.17) is 4.74 Å². The van der Waals surface area contributed by atoms with Gasteiger partial charge in [-0.05, 0) is 69.0 Å². The van der Waals surface area contributed by atoms with E-state index >= 15 is 0 Å². The van der Waals surface area contributed by atoms with E-state index in [0.717, 1.165) is 16.3 Å². The monoisotopic (exact) mass is 571 g/mol. The second-order valence-electron chi connectivity index (χ2n) is 10.5. The summed E-state index contributed by atoms with van der Waals surface area (Å²) in [6, 6.07) is 9.10. The molecule has 0 saturated carbocycles. The summed E-state index contributed by atoms with van der Waals surface area (Å²) in [7, 11) is -4.26. The number of carboxylic acids is 1. The molecule has 0 unspecified atom stereocenters. The van der Waals surface area contributed by atoms with Crippen molar-refractivity contribution in [1.82, 2.24) is 14.1 Å². The first-order valence-electron chi connectivity index (χ1n) is 13.2. The highest BCUT2D eigenvalue weighted by molar-refractivity contribution is 7.89. The Morgan fingerprint density at radius 3 is 2.55 bits per heavy atom. The highest BCUT2D eigenvalue weighted by Crippen LogP contribution is 2.38. The SMILES string of the molecule is CC(C)Oc1ccc(S(=O)(=O)N2C[C@H](n3nc(CC(=O)O)c4ccc(CC5=CC=CC5)cc43)C[C@@H]2C(F)F)cc1. The van der Waals surface area contributed by atoms with Gasteiger partial charge in [-0.2, -0.15) is 9.40 Å². The maximum atomic E-state index is 14.3. The summed E-state index contributed by atoms with van der Waals surface area (Å²) in [4.78, 5) is 11.4. The van der Waals surface area contributed by atoms with Crippen molar-refractivity contribution < 1.29 is 31.8 Å². The van der Waals surface area contributed by atoms with E-state index in [1.807, 2.05) is 44.2 Å². The molecule has 2 atom stereocenters. The predicted molar refractivity (Wildman–Crippen MR) is 146 cm³/mol. The fourth-order valence-corrected chi connectivity index (χ4v) is 7.04. The molecule has 2 heterocycles. The van der Waals surface area contributed by atoms with Crippen molar-refractivity contribution in [2.45, 2.75) is 69.0 Å². The molecule has 2 aromatic carbocycles. The molecule has 1 saturated heterocycles. The third kappa shape index (κ3) is 5.66. The van der Waals surface area contributed by atoms with E-state index in [1.54, 1.807) is 4.68 Å². The maximum absolute atomic E-state index is 14.3. The minimum atomic E-state index is -4.26. The van der Waals surface area contributed by atoms with Gasteiger partial charge in [0, 0.05) is 11.9 Å². The normalized spacial score (nSPS) is 19.7. The second kappa shape index (κ2) is 11.1. The number of rotatable bonds is 10. The first kappa shape index (κ1) is 28.0. The molecule has 0 amide bonds. The molecule has 1 aliphatic carbocycles. The zero-order chi connectivity index (χ0) is 28.6. The lowest BCUT2D eigenvalue weighted by Crippen LogP contribution is -2.39. The van der Waals surface area contributed by atoms with Crippen molar-refractivity contribution in [1.29, 1.82) is 0 Å². The molecule has 5 rings (SSSR count). The van der Waals surface area contributed by atoms with Gasteiger partial charge in [0.15, 0.2) is 0 Å². The number of alkyl halides is 2.